The molecule has 5 nitrogen and oxygen atoms in total. The highest BCUT2D eigenvalue weighted by Crippen LogP contribution is 2.17. The number of carbonyl (C=O) groups excluding carboxylic acids is 2. The van der Waals surface area contributed by atoms with Crippen molar-refractivity contribution in [1.82, 2.24) is 15.1 Å². The van der Waals surface area contributed by atoms with Crippen LogP contribution in [0.5, 0.6) is 0 Å². The van der Waals surface area contributed by atoms with Gasteiger partial charge in [0.15, 0.2) is 0 Å². The van der Waals surface area contributed by atoms with E-state index in [4.69, 9.17) is 0 Å². The number of nitrogens with zero attached hydrogens (tertiary/aromatic N) is 2. The lowest BCUT2D eigenvalue weighted by molar-refractivity contribution is -0.128. The summed E-state index contributed by atoms with van der Waals surface area (Å²) in [7, 11) is 1.67. The van der Waals surface area contributed by atoms with Gasteiger partial charge in [0.05, 0.1) is 0 Å². The Balaban J connectivity index is 2.02. The van der Waals surface area contributed by atoms with Crippen LogP contribution in [0.25, 0.3) is 0 Å². The lowest BCUT2D eigenvalue weighted by atomic mass is 10.2. The van der Waals surface area contributed by atoms with Gasteiger partial charge in [-0.15, -0.1) is 0 Å². The van der Waals surface area contributed by atoms with E-state index in [9.17, 15) is 9.59 Å². The van der Waals surface area contributed by atoms with Gasteiger partial charge in [0.1, 0.15) is 6.04 Å². The highest BCUT2D eigenvalue weighted by Gasteiger charge is 2.41. The molecule has 2 saturated heterocycles. The Labute approximate surface area is 89.4 Å². The van der Waals surface area contributed by atoms with Crippen molar-refractivity contribution >= 4 is 11.9 Å². The number of amides is 3. The fraction of sp³-hybridized carbons (Fsp3) is 0.800. The van der Waals surface area contributed by atoms with Crippen LogP contribution in [0.15, 0.2) is 0 Å². The van der Waals surface area contributed by atoms with E-state index >= 15 is 0 Å². The predicted molar refractivity (Wildman–Crippen MR) is 55.4 cm³/mol. The molecule has 84 valence electrons. The third kappa shape index (κ3) is 1.71. The number of carbonyl (C=O) groups is 2. The molecule has 0 aromatic carbocycles. The third-order valence-corrected chi connectivity index (χ3v) is 3.30. The van der Waals surface area contributed by atoms with Crippen LogP contribution in [0.4, 0.5) is 4.79 Å². The summed E-state index contributed by atoms with van der Waals surface area (Å²) >= 11 is 0. The first kappa shape index (κ1) is 10.4. The maximum absolute atomic E-state index is 11.7. The number of hydrogen-bond acceptors (Lipinski definition) is 3. The normalized spacial score (nSPS) is 31.9. The number of hydrogen-bond donors (Lipinski definition) is 1. The zero-order chi connectivity index (χ0) is 11.0. The molecule has 0 aromatic heterocycles. The van der Waals surface area contributed by atoms with Gasteiger partial charge in [0.2, 0.25) is 0 Å². The standard InChI is InChI=1S/C10H17N3O2/c1-7-9(14)13(10(15)12(7)2)6-8-4-3-5-11-8/h7-8,11H,3-6H2,1-2H3. The zero-order valence-corrected chi connectivity index (χ0v) is 9.19. The molecule has 2 atom stereocenters. The fourth-order valence-corrected chi connectivity index (χ4v) is 2.14. The van der Waals surface area contributed by atoms with Crippen LogP contribution in [0.1, 0.15) is 19.8 Å². The maximum Gasteiger partial charge on any atom is 0.327 e. The largest absolute Gasteiger partial charge is 0.327 e. The molecule has 2 heterocycles. The molecule has 0 aromatic rings. The fourth-order valence-electron chi connectivity index (χ4n) is 2.14. The Morgan fingerprint density at radius 2 is 2.20 bits per heavy atom. The molecule has 2 rings (SSSR count). The van der Waals surface area contributed by atoms with E-state index < -0.39 is 0 Å². The van der Waals surface area contributed by atoms with Gasteiger partial charge in [-0.1, -0.05) is 0 Å². The minimum absolute atomic E-state index is 0.0730. The van der Waals surface area contributed by atoms with E-state index in [1.165, 1.54) is 9.80 Å². The van der Waals surface area contributed by atoms with Crippen LogP contribution in [0.2, 0.25) is 0 Å². The van der Waals surface area contributed by atoms with Gasteiger partial charge in [-0.3, -0.25) is 9.69 Å². The van der Waals surface area contributed by atoms with Crippen LogP contribution in [-0.4, -0.2) is 54.0 Å². The van der Waals surface area contributed by atoms with E-state index in [1.807, 2.05) is 0 Å². The highest BCUT2D eigenvalue weighted by atomic mass is 16.2. The molecule has 0 spiro atoms. The average molecular weight is 211 g/mol. The number of imide groups is 1. The van der Waals surface area contributed by atoms with E-state index in [0.29, 0.717) is 6.54 Å². The number of rotatable bonds is 2. The summed E-state index contributed by atoms with van der Waals surface area (Å²) in [5.41, 5.74) is 0. The van der Waals surface area contributed by atoms with Gasteiger partial charge >= 0.3 is 6.03 Å². The first-order chi connectivity index (χ1) is 7.11. The molecule has 2 unspecified atom stereocenters. The van der Waals surface area contributed by atoms with E-state index in [2.05, 4.69) is 5.32 Å². The second kappa shape index (κ2) is 3.81. The second-order valence-electron chi connectivity index (χ2n) is 4.31. The Kier molecular flexibility index (Phi) is 2.65. The summed E-state index contributed by atoms with van der Waals surface area (Å²) in [5, 5.41) is 3.29. The minimum Gasteiger partial charge on any atom is -0.316 e. The van der Waals surface area contributed by atoms with Crippen LogP contribution >= 0.6 is 0 Å². The van der Waals surface area contributed by atoms with Crippen molar-refractivity contribution in [1.29, 1.82) is 0 Å². The molecule has 1 N–H and O–H groups in total. The SMILES string of the molecule is CC1C(=O)N(CC2CCCN2)C(=O)N1C. The van der Waals surface area contributed by atoms with Crippen molar-refractivity contribution in [3.8, 4) is 0 Å². The summed E-state index contributed by atoms with van der Waals surface area (Å²) in [5.74, 6) is -0.0730. The van der Waals surface area contributed by atoms with Crippen molar-refractivity contribution in [3.63, 3.8) is 0 Å². The van der Waals surface area contributed by atoms with Crippen molar-refractivity contribution in [3.05, 3.63) is 0 Å². The molecular weight excluding hydrogens is 194 g/mol. The second-order valence-corrected chi connectivity index (χ2v) is 4.31. The first-order valence-corrected chi connectivity index (χ1v) is 5.43. The molecule has 2 aliphatic rings. The van der Waals surface area contributed by atoms with Gasteiger partial charge in [-0.05, 0) is 26.3 Å². The van der Waals surface area contributed by atoms with Crippen LogP contribution in [0, 0.1) is 0 Å². The topological polar surface area (TPSA) is 52.7 Å². The zero-order valence-electron chi connectivity index (χ0n) is 9.19. The molecule has 2 aliphatic heterocycles. The molecule has 0 bridgehead atoms. The quantitative estimate of drug-likeness (QED) is 0.655. The summed E-state index contributed by atoms with van der Waals surface area (Å²) < 4.78 is 0. The summed E-state index contributed by atoms with van der Waals surface area (Å²) in [6.45, 7) is 3.28. The molecule has 15 heavy (non-hydrogen) atoms. The number of urea groups is 1. The summed E-state index contributed by atoms with van der Waals surface area (Å²) in [6.07, 6.45) is 2.18. The summed E-state index contributed by atoms with van der Waals surface area (Å²) in [4.78, 5) is 26.3. The van der Waals surface area contributed by atoms with Gasteiger partial charge in [-0.2, -0.15) is 0 Å². The number of nitrogens with one attached hydrogen (secondary N) is 1. The molecule has 5 heteroatoms. The lowest BCUT2D eigenvalue weighted by Gasteiger charge is -2.18. The highest BCUT2D eigenvalue weighted by molar-refractivity contribution is 6.03. The number of likely N-dealkylation sites (N-methyl/N-ethyl adjacent to an activating group) is 1. The molecule has 0 aliphatic carbocycles. The van der Waals surface area contributed by atoms with Crippen LogP contribution in [-0.2, 0) is 4.79 Å². The van der Waals surface area contributed by atoms with E-state index in [-0.39, 0.29) is 24.0 Å². The molecule has 0 saturated carbocycles. The monoisotopic (exact) mass is 211 g/mol. The molecular formula is C10H17N3O2. The maximum atomic E-state index is 11.7. The average Bonchev–Trinajstić information content (AvgIpc) is 2.79. The Morgan fingerprint density at radius 3 is 2.67 bits per heavy atom. The lowest BCUT2D eigenvalue weighted by Crippen LogP contribution is -2.41. The Bertz CT molecular complexity index is 266. The van der Waals surface area contributed by atoms with Gasteiger partial charge in [-0.25, -0.2) is 4.79 Å². The Morgan fingerprint density at radius 1 is 1.47 bits per heavy atom. The van der Waals surface area contributed by atoms with Crippen molar-refractivity contribution < 1.29 is 9.59 Å². The third-order valence-electron chi connectivity index (χ3n) is 3.30. The van der Waals surface area contributed by atoms with Crippen molar-refractivity contribution in [2.45, 2.75) is 31.8 Å². The minimum atomic E-state index is -0.307. The Hall–Kier alpha value is -1.10. The van der Waals surface area contributed by atoms with Gasteiger partial charge < -0.3 is 10.2 Å². The van der Waals surface area contributed by atoms with Crippen molar-refractivity contribution in [2.75, 3.05) is 20.1 Å². The van der Waals surface area contributed by atoms with Crippen LogP contribution in [0.3, 0.4) is 0 Å². The molecule has 3 amide bonds. The molecule has 0 radical (unpaired) electrons. The first-order valence-electron chi connectivity index (χ1n) is 5.43. The predicted octanol–water partition coefficient (Wildman–Crippen LogP) is 0.0209. The van der Waals surface area contributed by atoms with E-state index in [1.54, 1.807) is 14.0 Å². The molecule has 2 fully saturated rings. The summed E-state index contributed by atoms with van der Waals surface area (Å²) in [6, 6.07) is -0.184. The van der Waals surface area contributed by atoms with E-state index in [0.717, 1.165) is 19.4 Å². The smallest absolute Gasteiger partial charge is 0.316 e. The van der Waals surface area contributed by atoms with Gasteiger partial charge in [0.25, 0.3) is 5.91 Å². The van der Waals surface area contributed by atoms with Crippen molar-refractivity contribution in [2.24, 2.45) is 0 Å². The van der Waals surface area contributed by atoms with Gasteiger partial charge in [0, 0.05) is 19.6 Å². The van der Waals surface area contributed by atoms with Crippen LogP contribution < -0.4 is 5.32 Å².